The van der Waals surface area contributed by atoms with Gasteiger partial charge in [-0.3, -0.25) is 0 Å². The summed E-state index contributed by atoms with van der Waals surface area (Å²) >= 11 is 0. The molecule has 11 heavy (non-hydrogen) atoms. The summed E-state index contributed by atoms with van der Waals surface area (Å²) < 4.78 is 15.4. The van der Waals surface area contributed by atoms with Gasteiger partial charge in [0.05, 0.1) is 12.7 Å². The molecule has 0 amide bonds. The van der Waals surface area contributed by atoms with Crippen molar-refractivity contribution in [2.75, 3.05) is 20.8 Å². The summed E-state index contributed by atoms with van der Waals surface area (Å²) in [5.74, 6) is 0. The molecule has 0 N–H and O–H groups in total. The van der Waals surface area contributed by atoms with Crippen molar-refractivity contribution in [3.8, 4) is 0 Å². The summed E-state index contributed by atoms with van der Waals surface area (Å²) in [5.41, 5.74) is 0. The maximum Gasteiger partial charge on any atom is 0.109 e. The summed E-state index contributed by atoms with van der Waals surface area (Å²) in [5, 5.41) is 0. The zero-order chi connectivity index (χ0) is 8.27. The van der Waals surface area contributed by atoms with Crippen LogP contribution in [0.5, 0.6) is 0 Å². The standard InChI is InChI=1S/C7H13BO3/c1-9-4-6-5(10-2)3-7(8)11-6/h5-7H,3-4H2,1-2H3/t5-,6-,7-/m1/s1. The van der Waals surface area contributed by atoms with Crippen molar-refractivity contribution >= 4 is 7.85 Å². The highest BCUT2D eigenvalue weighted by molar-refractivity contribution is 6.11. The van der Waals surface area contributed by atoms with E-state index >= 15 is 0 Å². The van der Waals surface area contributed by atoms with Crippen molar-refractivity contribution in [1.29, 1.82) is 0 Å². The van der Waals surface area contributed by atoms with E-state index in [1.165, 1.54) is 0 Å². The van der Waals surface area contributed by atoms with Crippen LogP contribution in [0.15, 0.2) is 0 Å². The Morgan fingerprint density at radius 1 is 1.55 bits per heavy atom. The van der Waals surface area contributed by atoms with Crippen LogP contribution >= 0.6 is 0 Å². The minimum atomic E-state index is -0.194. The maximum atomic E-state index is 5.56. The Hall–Kier alpha value is -0.0551. The van der Waals surface area contributed by atoms with Crippen LogP contribution in [0.25, 0.3) is 0 Å². The molecule has 0 aromatic carbocycles. The monoisotopic (exact) mass is 156 g/mol. The molecule has 0 unspecified atom stereocenters. The second kappa shape index (κ2) is 4.09. The van der Waals surface area contributed by atoms with Crippen LogP contribution in [0.2, 0.25) is 0 Å². The summed E-state index contributed by atoms with van der Waals surface area (Å²) in [4.78, 5) is 0. The Balaban J connectivity index is 2.37. The lowest BCUT2D eigenvalue weighted by atomic mass is 9.96. The van der Waals surface area contributed by atoms with Crippen LogP contribution in [0.1, 0.15) is 6.42 Å². The highest BCUT2D eigenvalue weighted by Crippen LogP contribution is 2.20. The van der Waals surface area contributed by atoms with Crippen molar-refractivity contribution in [2.24, 2.45) is 0 Å². The molecule has 1 aliphatic heterocycles. The third-order valence-electron chi connectivity index (χ3n) is 1.86. The summed E-state index contributed by atoms with van der Waals surface area (Å²) in [6.07, 6.45) is 0.842. The first-order valence-electron chi connectivity index (χ1n) is 3.70. The molecule has 1 heterocycles. The van der Waals surface area contributed by atoms with Gasteiger partial charge in [0.25, 0.3) is 0 Å². The fraction of sp³-hybridized carbons (Fsp3) is 1.00. The van der Waals surface area contributed by atoms with Crippen molar-refractivity contribution in [2.45, 2.75) is 24.6 Å². The van der Waals surface area contributed by atoms with Gasteiger partial charge in [0.2, 0.25) is 0 Å². The SMILES string of the molecule is [B][C@H]1C[C@@H](OC)[C@@H](COC)O1. The van der Waals surface area contributed by atoms with E-state index in [2.05, 4.69) is 0 Å². The van der Waals surface area contributed by atoms with E-state index in [-0.39, 0.29) is 18.2 Å². The third kappa shape index (κ3) is 2.19. The van der Waals surface area contributed by atoms with Crippen molar-refractivity contribution in [3.63, 3.8) is 0 Å². The summed E-state index contributed by atoms with van der Waals surface area (Å²) in [6.45, 7) is 0.548. The van der Waals surface area contributed by atoms with Crippen LogP contribution in [0, 0.1) is 0 Å². The average molecular weight is 156 g/mol. The minimum absolute atomic E-state index is 0.000000000000000222. The average Bonchev–Trinajstić information content (AvgIpc) is 2.32. The van der Waals surface area contributed by atoms with E-state index in [0.29, 0.717) is 6.61 Å². The molecule has 0 aliphatic carbocycles. The normalized spacial score (nSPS) is 37.8. The number of hydrogen-bond acceptors (Lipinski definition) is 3. The third-order valence-corrected chi connectivity index (χ3v) is 1.86. The number of methoxy groups -OCH3 is 2. The zero-order valence-corrected chi connectivity index (χ0v) is 6.95. The van der Waals surface area contributed by atoms with E-state index < -0.39 is 0 Å². The molecule has 0 saturated carbocycles. The van der Waals surface area contributed by atoms with Crippen LogP contribution < -0.4 is 0 Å². The van der Waals surface area contributed by atoms with Gasteiger partial charge >= 0.3 is 0 Å². The molecule has 0 aromatic rings. The van der Waals surface area contributed by atoms with Crippen LogP contribution in [0.3, 0.4) is 0 Å². The smallest absolute Gasteiger partial charge is 0.109 e. The van der Waals surface area contributed by atoms with Crippen LogP contribution in [-0.2, 0) is 14.2 Å². The molecule has 0 aromatic heterocycles. The Morgan fingerprint density at radius 3 is 2.82 bits per heavy atom. The van der Waals surface area contributed by atoms with E-state index in [1.807, 2.05) is 0 Å². The maximum absolute atomic E-state index is 5.56. The van der Waals surface area contributed by atoms with Crippen molar-refractivity contribution in [3.05, 3.63) is 0 Å². The van der Waals surface area contributed by atoms with Crippen molar-refractivity contribution in [1.82, 2.24) is 0 Å². The first-order chi connectivity index (χ1) is 5.27. The molecule has 0 bridgehead atoms. The van der Waals surface area contributed by atoms with Crippen LogP contribution in [-0.4, -0.2) is 46.9 Å². The van der Waals surface area contributed by atoms with Gasteiger partial charge in [-0.05, 0) is 6.42 Å². The Morgan fingerprint density at radius 2 is 2.27 bits per heavy atom. The predicted octanol–water partition coefficient (Wildman–Crippen LogP) is -0.0687. The lowest BCUT2D eigenvalue weighted by molar-refractivity contribution is -0.0315. The molecule has 3 atom stereocenters. The number of hydrogen-bond donors (Lipinski definition) is 0. The predicted molar refractivity (Wildman–Crippen MR) is 41.7 cm³/mol. The van der Waals surface area contributed by atoms with E-state index in [0.717, 1.165) is 6.42 Å². The van der Waals surface area contributed by atoms with Gasteiger partial charge in [0.1, 0.15) is 14.0 Å². The summed E-state index contributed by atoms with van der Waals surface area (Å²) in [7, 11) is 8.86. The molecule has 0 spiro atoms. The van der Waals surface area contributed by atoms with Gasteiger partial charge < -0.3 is 14.2 Å². The molecule has 1 saturated heterocycles. The highest BCUT2D eigenvalue weighted by Gasteiger charge is 2.32. The first-order valence-corrected chi connectivity index (χ1v) is 3.70. The van der Waals surface area contributed by atoms with Gasteiger partial charge in [-0.25, -0.2) is 0 Å². The van der Waals surface area contributed by atoms with E-state index in [1.54, 1.807) is 14.2 Å². The topological polar surface area (TPSA) is 27.7 Å². The largest absolute Gasteiger partial charge is 0.382 e. The van der Waals surface area contributed by atoms with E-state index in [9.17, 15) is 0 Å². The molecule has 2 radical (unpaired) electrons. The molecule has 1 rings (SSSR count). The van der Waals surface area contributed by atoms with Gasteiger partial charge in [-0.1, -0.05) is 0 Å². The van der Waals surface area contributed by atoms with Crippen molar-refractivity contribution < 1.29 is 14.2 Å². The highest BCUT2D eigenvalue weighted by atomic mass is 16.6. The first kappa shape index (κ1) is 9.04. The molecule has 1 fully saturated rings. The number of rotatable bonds is 3. The lowest BCUT2D eigenvalue weighted by Crippen LogP contribution is -2.27. The van der Waals surface area contributed by atoms with Gasteiger partial charge in [-0.2, -0.15) is 0 Å². The Kier molecular flexibility index (Phi) is 3.36. The van der Waals surface area contributed by atoms with Gasteiger partial charge in [-0.15, -0.1) is 0 Å². The Labute approximate surface area is 68.4 Å². The number of ether oxygens (including phenoxy) is 3. The lowest BCUT2D eigenvalue weighted by Gasteiger charge is -2.15. The molecule has 1 aliphatic rings. The fourth-order valence-corrected chi connectivity index (χ4v) is 1.31. The second-order valence-electron chi connectivity index (χ2n) is 2.68. The molecule has 3 nitrogen and oxygen atoms in total. The molecular formula is C7H13BO3. The fourth-order valence-electron chi connectivity index (χ4n) is 1.31. The molecular weight excluding hydrogens is 143 g/mol. The van der Waals surface area contributed by atoms with E-state index in [4.69, 9.17) is 22.1 Å². The van der Waals surface area contributed by atoms with Gasteiger partial charge in [0, 0.05) is 20.2 Å². The summed E-state index contributed by atoms with van der Waals surface area (Å²) in [6, 6.07) is -0.194. The second-order valence-corrected chi connectivity index (χ2v) is 2.68. The molecule has 62 valence electrons. The van der Waals surface area contributed by atoms with Crippen LogP contribution in [0.4, 0.5) is 0 Å². The zero-order valence-electron chi connectivity index (χ0n) is 6.95. The quantitative estimate of drug-likeness (QED) is 0.535. The van der Waals surface area contributed by atoms with Gasteiger partial charge in [0.15, 0.2) is 0 Å². The minimum Gasteiger partial charge on any atom is -0.382 e. The molecule has 4 heteroatoms. The Bertz CT molecular complexity index is 120.